The number of rotatable bonds is 15. The van der Waals surface area contributed by atoms with Gasteiger partial charge in [-0.2, -0.15) is 0 Å². The predicted octanol–water partition coefficient (Wildman–Crippen LogP) is 3.17. The van der Waals surface area contributed by atoms with E-state index in [-0.39, 0.29) is 57.0 Å². The van der Waals surface area contributed by atoms with E-state index in [2.05, 4.69) is 20.8 Å². The van der Waals surface area contributed by atoms with Crippen molar-refractivity contribution in [2.75, 3.05) is 26.4 Å². The first-order chi connectivity index (χ1) is 12.7. The smallest absolute Gasteiger partial charge is 0.305 e. The molecular formula is C20H36O7. The standard InChI is InChI=1S/C20H36O7/c1-20(2,3)12-4-5-14-25-18(23)10-7-16-27-19(24)11-8-15-26-17(22)9-6-13-21/h21H,4-16H2,1-3H3. The number of hydrogen-bond donors (Lipinski definition) is 1. The van der Waals surface area contributed by atoms with E-state index in [9.17, 15) is 14.4 Å². The molecule has 0 rings (SSSR count). The average Bonchev–Trinajstić information content (AvgIpc) is 2.59. The zero-order valence-electron chi connectivity index (χ0n) is 17.1. The van der Waals surface area contributed by atoms with Crippen LogP contribution in [-0.4, -0.2) is 49.4 Å². The number of ether oxygens (including phenoxy) is 3. The fraction of sp³-hybridized carbons (Fsp3) is 0.850. The Hall–Kier alpha value is -1.63. The minimum Gasteiger partial charge on any atom is -0.466 e. The predicted molar refractivity (Wildman–Crippen MR) is 101 cm³/mol. The van der Waals surface area contributed by atoms with E-state index < -0.39 is 0 Å². The molecule has 0 aliphatic carbocycles. The molecule has 0 amide bonds. The Morgan fingerprint density at radius 1 is 0.667 bits per heavy atom. The first kappa shape index (κ1) is 25.4. The van der Waals surface area contributed by atoms with E-state index in [1.54, 1.807) is 0 Å². The summed E-state index contributed by atoms with van der Waals surface area (Å²) in [5.41, 5.74) is 0.301. The summed E-state index contributed by atoms with van der Waals surface area (Å²) in [7, 11) is 0. The fourth-order valence-corrected chi connectivity index (χ4v) is 2.19. The Bertz CT molecular complexity index is 427. The van der Waals surface area contributed by atoms with E-state index in [1.165, 1.54) is 0 Å². The van der Waals surface area contributed by atoms with Crippen molar-refractivity contribution >= 4 is 17.9 Å². The molecule has 0 radical (unpaired) electrons. The van der Waals surface area contributed by atoms with Crippen molar-refractivity contribution in [3.05, 3.63) is 0 Å². The van der Waals surface area contributed by atoms with E-state index in [0.29, 0.717) is 31.3 Å². The lowest BCUT2D eigenvalue weighted by molar-refractivity contribution is -0.149. The third-order valence-electron chi connectivity index (χ3n) is 3.70. The summed E-state index contributed by atoms with van der Waals surface area (Å²) in [6.45, 7) is 7.28. The molecule has 0 aromatic rings. The third-order valence-corrected chi connectivity index (χ3v) is 3.70. The lowest BCUT2D eigenvalue weighted by Gasteiger charge is -2.17. The summed E-state index contributed by atoms with van der Waals surface area (Å²) in [5, 5.41) is 8.59. The maximum atomic E-state index is 11.6. The second kappa shape index (κ2) is 15.4. The first-order valence-corrected chi connectivity index (χ1v) is 9.82. The van der Waals surface area contributed by atoms with Crippen molar-refractivity contribution in [1.29, 1.82) is 0 Å². The van der Waals surface area contributed by atoms with Crippen molar-refractivity contribution < 1.29 is 33.7 Å². The van der Waals surface area contributed by atoms with Crippen LogP contribution in [0.15, 0.2) is 0 Å². The molecule has 0 aliphatic heterocycles. The van der Waals surface area contributed by atoms with Crippen LogP contribution in [0.1, 0.15) is 78.6 Å². The van der Waals surface area contributed by atoms with Crippen molar-refractivity contribution in [1.82, 2.24) is 0 Å². The van der Waals surface area contributed by atoms with Crippen molar-refractivity contribution in [2.45, 2.75) is 78.6 Å². The average molecular weight is 389 g/mol. The summed E-state index contributed by atoms with van der Waals surface area (Å²) in [6.07, 6.45) is 4.76. The van der Waals surface area contributed by atoms with Gasteiger partial charge in [0.15, 0.2) is 0 Å². The van der Waals surface area contributed by atoms with Crippen LogP contribution in [0.4, 0.5) is 0 Å². The van der Waals surface area contributed by atoms with Gasteiger partial charge in [-0.15, -0.1) is 0 Å². The van der Waals surface area contributed by atoms with Gasteiger partial charge in [-0.3, -0.25) is 14.4 Å². The van der Waals surface area contributed by atoms with Crippen molar-refractivity contribution in [2.24, 2.45) is 5.41 Å². The number of carbonyl (C=O) groups excluding carboxylic acids is 3. The van der Waals surface area contributed by atoms with Gasteiger partial charge in [0.2, 0.25) is 0 Å². The van der Waals surface area contributed by atoms with E-state index in [0.717, 1.165) is 19.3 Å². The lowest BCUT2D eigenvalue weighted by atomic mass is 9.90. The van der Waals surface area contributed by atoms with Crippen molar-refractivity contribution in [3.63, 3.8) is 0 Å². The van der Waals surface area contributed by atoms with Crippen LogP contribution < -0.4 is 0 Å². The molecule has 0 heterocycles. The van der Waals surface area contributed by atoms with Crippen LogP contribution in [0.5, 0.6) is 0 Å². The van der Waals surface area contributed by atoms with Gasteiger partial charge < -0.3 is 19.3 Å². The molecule has 158 valence electrons. The number of esters is 3. The monoisotopic (exact) mass is 388 g/mol. The zero-order valence-corrected chi connectivity index (χ0v) is 17.1. The third kappa shape index (κ3) is 18.9. The SMILES string of the molecule is CC(C)(C)CCCCOC(=O)CCCOC(=O)CCCOC(=O)CCCO. The number of aliphatic hydroxyl groups excluding tert-OH is 1. The Labute approximate surface area is 162 Å². The summed E-state index contributed by atoms with van der Waals surface area (Å²) >= 11 is 0. The fourth-order valence-electron chi connectivity index (χ4n) is 2.19. The molecule has 0 saturated heterocycles. The van der Waals surface area contributed by atoms with E-state index in [1.807, 2.05) is 0 Å². The molecule has 0 bridgehead atoms. The van der Waals surface area contributed by atoms with E-state index >= 15 is 0 Å². The highest BCUT2D eigenvalue weighted by Crippen LogP contribution is 2.21. The summed E-state index contributed by atoms with van der Waals surface area (Å²) < 4.78 is 15.1. The van der Waals surface area contributed by atoms with Crippen LogP contribution in [-0.2, 0) is 28.6 Å². The minimum absolute atomic E-state index is 0.0494. The molecule has 0 saturated carbocycles. The minimum atomic E-state index is -0.380. The van der Waals surface area contributed by atoms with Gasteiger partial charge in [0, 0.05) is 25.9 Å². The summed E-state index contributed by atoms with van der Waals surface area (Å²) in [4.78, 5) is 34.3. The van der Waals surface area contributed by atoms with Gasteiger partial charge in [0.25, 0.3) is 0 Å². The molecule has 0 unspecified atom stereocenters. The second-order valence-corrected chi connectivity index (χ2v) is 7.71. The van der Waals surface area contributed by atoms with Crippen LogP contribution in [0.25, 0.3) is 0 Å². The van der Waals surface area contributed by atoms with Crippen LogP contribution in [0.2, 0.25) is 0 Å². The zero-order chi connectivity index (χ0) is 20.5. The normalized spacial score (nSPS) is 11.1. The Morgan fingerprint density at radius 2 is 1.07 bits per heavy atom. The maximum Gasteiger partial charge on any atom is 0.305 e. The van der Waals surface area contributed by atoms with Crippen LogP contribution >= 0.6 is 0 Å². The van der Waals surface area contributed by atoms with Gasteiger partial charge in [0.1, 0.15) is 0 Å². The lowest BCUT2D eigenvalue weighted by Crippen LogP contribution is -2.12. The Balaban J connectivity index is 3.48. The molecule has 0 aromatic carbocycles. The number of hydrogen-bond acceptors (Lipinski definition) is 7. The number of carbonyl (C=O) groups is 3. The van der Waals surface area contributed by atoms with Gasteiger partial charge in [-0.05, 0) is 43.9 Å². The topological polar surface area (TPSA) is 99.1 Å². The van der Waals surface area contributed by atoms with Gasteiger partial charge >= 0.3 is 17.9 Å². The first-order valence-electron chi connectivity index (χ1n) is 9.82. The molecule has 0 aromatic heterocycles. The van der Waals surface area contributed by atoms with Crippen molar-refractivity contribution in [3.8, 4) is 0 Å². The van der Waals surface area contributed by atoms with Gasteiger partial charge in [0.05, 0.1) is 19.8 Å². The number of aliphatic hydroxyl groups is 1. The molecule has 1 N–H and O–H groups in total. The highest BCUT2D eigenvalue weighted by atomic mass is 16.5. The Kier molecular flexibility index (Phi) is 14.5. The summed E-state index contributed by atoms with van der Waals surface area (Å²) in [5.74, 6) is -1.03. The molecule has 7 heteroatoms. The largest absolute Gasteiger partial charge is 0.466 e. The molecule has 0 fully saturated rings. The molecule has 0 atom stereocenters. The van der Waals surface area contributed by atoms with Gasteiger partial charge in [-0.25, -0.2) is 0 Å². The quantitative estimate of drug-likeness (QED) is 0.261. The van der Waals surface area contributed by atoms with Crippen LogP contribution in [0, 0.1) is 5.41 Å². The molecule has 7 nitrogen and oxygen atoms in total. The second-order valence-electron chi connectivity index (χ2n) is 7.71. The molecule has 27 heavy (non-hydrogen) atoms. The highest BCUT2D eigenvalue weighted by Gasteiger charge is 2.10. The van der Waals surface area contributed by atoms with E-state index in [4.69, 9.17) is 19.3 Å². The molecular weight excluding hydrogens is 352 g/mol. The highest BCUT2D eigenvalue weighted by molar-refractivity contribution is 5.70. The molecule has 0 spiro atoms. The Morgan fingerprint density at radius 3 is 1.48 bits per heavy atom. The number of unbranched alkanes of at least 4 members (excludes halogenated alkanes) is 1. The maximum absolute atomic E-state index is 11.6. The van der Waals surface area contributed by atoms with Crippen LogP contribution in [0.3, 0.4) is 0 Å². The summed E-state index contributed by atoms with van der Waals surface area (Å²) in [6, 6.07) is 0. The van der Waals surface area contributed by atoms with Gasteiger partial charge in [-0.1, -0.05) is 20.8 Å². The molecule has 0 aliphatic rings.